The molecule has 116 valence electrons. The summed E-state index contributed by atoms with van der Waals surface area (Å²) in [4.78, 5) is 4.16. The van der Waals surface area contributed by atoms with Gasteiger partial charge in [0.2, 0.25) is 0 Å². The van der Waals surface area contributed by atoms with Crippen molar-refractivity contribution in [2.45, 2.75) is 20.5 Å². The van der Waals surface area contributed by atoms with Gasteiger partial charge in [0, 0.05) is 18.0 Å². The predicted octanol–water partition coefficient (Wildman–Crippen LogP) is 4.76. The van der Waals surface area contributed by atoms with Gasteiger partial charge < -0.3 is 9.30 Å². The van der Waals surface area contributed by atoms with E-state index in [0.29, 0.717) is 6.61 Å². The van der Waals surface area contributed by atoms with Gasteiger partial charge >= 0.3 is 0 Å². The van der Waals surface area contributed by atoms with E-state index in [2.05, 4.69) is 37.0 Å². The van der Waals surface area contributed by atoms with E-state index >= 15 is 0 Å². The Morgan fingerprint density at radius 1 is 1.00 bits per heavy atom. The van der Waals surface area contributed by atoms with Crippen LogP contribution in [0.2, 0.25) is 0 Å². The number of benzene rings is 2. The first-order valence-corrected chi connectivity index (χ1v) is 7.67. The van der Waals surface area contributed by atoms with Crippen molar-refractivity contribution in [3.8, 4) is 5.75 Å². The van der Waals surface area contributed by atoms with E-state index in [1.165, 1.54) is 5.57 Å². The van der Waals surface area contributed by atoms with Crippen LogP contribution in [0.25, 0.3) is 5.70 Å². The molecule has 1 aromatic heterocycles. The Morgan fingerprint density at radius 3 is 2.43 bits per heavy atom. The number of para-hydroxylation sites is 1. The summed E-state index contributed by atoms with van der Waals surface area (Å²) in [5, 5.41) is 0. The molecule has 0 aliphatic heterocycles. The molecular weight excluding hydrogens is 284 g/mol. The maximum Gasteiger partial charge on any atom is 0.129 e. The van der Waals surface area contributed by atoms with E-state index in [1.807, 2.05) is 53.5 Å². The molecule has 0 N–H and O–H groups in total. The average Bonchev–Trinajstić information content (AvgIpc) is 3.09. The van der Waals surface area contributed by atoms with Crippen molar-refractivity contribution in [2.75, 3.05) is 0 Å². The Kier molecular flexibility index (Phi) is 4.57. The van der Waals surface area contributed by atoms with Crippen molar-refractivity contribution in [3.63, 3.8) is 0 Å². The van der Waals surface area contributed by atoms with Gasteiger partial charge in [-0.15, -0.1) is 0 Å². The van der Waals surface area contributed by atoms with Gasteiger partial charge in [0.1, 0.15) is 12.4 Å². The number of nitrogens with zero attached hydrogens (tertiary/aromatic N) is 2. The Balaban J connectivity index is 1.93. The number of hydrogen-bond donors (Lipinski definition) is 0. The van der Waals surface area contributed by atoms with Crippen LogP contribution in [-0.4, -0.2) is 9.55 Å². The highest BCUT2D eigenvalue weighted by Crippen LogP contribution is 2.30. The standard InChI is InChI=1S/C20H20N2O/c1-16(2)20(22-13-12-21-15-22)18-10-6-7-11-19(18)23-14-17-8-4-3-5-9-17/h3-13,15H,14H2,1-2H3. The summed E-state index contributed by atoms with van der Waals surface area (Å²) in [6, 6.07) is 18.3. The van der Waals surface area contributed by atoms with E-state index < -0.39 is 0 Å². The first-order chi connectivity index (χ1) is 11.3. The van der Waals surface area contributed by atoms with Crippen LogP contribution in [0.3, 0.4) is 0 Å². The van der Waals surface area contributed by atoms with Gasteiger partial charge in [-0.25, -0.2) is 4.98 Å². The highest BCUT2D eigenvalue weighted by atomic mass is 16.5. The average molecular weight is 304 g/mol. The summed E-state index contributed by atoms with van der Waals surface area (Å²) in [5.74, 6) is 0.876. The molecule has 3 rings (SSSR count). The molecule has 0 amide bonds. The summed E-state index contributed by atoms with van der Waals surface area (Å²) in [5.41, 5.74) is 4.54. The topological polar surface area (TPSA) is 27.1 Å². The van der Waals surface area contributed by atoms with E-state index in [-0.39, 0.29) is 0 Å². The normalized spacial score (nSPS) is 10.3. The zero-order valence-electron chi connectivity index (χ0n) is 13.4. The Hall–Kier alpha value is -2.81. The molecule has 0 bridgehead atoms. The summed E-state index contributed by atoms with van der Waals surface area (Å²) in [7, 11) is 0. The Labute approximate surface area is 136 Å². The SMILES string of the molecule is CC(C)=C(c1ccccc1OCc1ccccc1)n1ccnc1. The number of ether oxygens (including phenoxy) is 1. The molecule has 0 fully saturated rings. The van der Waals surface area contributed by atoms with Gasteiger partial charge in [0.25, 0.3) is 0 Å². The number of aromatic nitrogens is 2. The van der Waals surface area contributed by atoms with Crippen molar-refractivity contribution < 1.29 is 4.74 Å². The van der Waals surface area contributed by atoms with Crippen molar-refractivity contribution in [1.29, 1.82) is 0 Å². The predicted molar refractivity (Wildman–Crippen MR) is 93.1 cm³/mol. The first kappa shape index (κ1) is 15.1. The second-order valence-corrected chi connectivity index (χ2v) is 5.59. The van der Waals surface area contributed by atoms with E-state index in [9.17, 15) is 0 Å². The van der Waals surface area contributed by atoms with Gasteiger partial charge in [-0.3, -0.25) is 0 Å². The third-order valence-electron chi connectivity index (χ3n) is 3.62. The molecule has 3 heteroatoms. The van der Waals surface area contributed by atoms with Crippen LogP contribution in [0, 0.1) is 0 Å². The van der Waals surface area contributed by atoms with E-state index in [0.717, 1.165) is 22.6 Å². The molecule has 0 saturated carbocycles. The minimum atomic E-state index is 0.553. The molecule has 1 heterocycles. The molecule has 3 aromatic rings. The maximum atomic E-state index is 6.08. The van der Waals surface area contributed by atoms with Gasteiger partial charge in [-0.2, -0.15) is 0 Å². The van der Waals surface area contributed by atoms with Crippen molar-refractivity contribution in [1.82, 2.24) is 9.55 Å². The zero-order valence-corrected chi connectivity index (χ0v) is 13.4. The van der Waals surface area contributed by atoms with Gasteiger partial charge in [0.05, 0.1) is 12.0 Å². The molecule has 0 aliphatic carbocycles. The molecule has 0 unspecified atom stereocenters. The fourth-order valence-corrected chi connectivity index (χ4v) is 2.58. The third kappa shape index (κ3) is 3.51. The summed E-state index contributed by atoms with van der Waals surface area (Å²) in [6.45, 7) is 4.75. The minimum absolute atomic E-state index is 0.553. The lowest BCUT2D eigenvalue weighted by Crippen LogP contribution is -2.03. The van der Waals surface area contributed by atoms with Crippen LogP contribution in [0.1, 0.15) is 25.0 Å². The van der Waals surface area contributed by atoms with Crippen LogP contribution in [0.15, 0.2) is 78.9 Å². The largest absolute Gasteiger partial charge is 0.488 e. The summed E-state index contributed by atoms with van der Waals surface area (Å²) in [6.07, 6.45) is 5.56. The van der Waals surface area contributed by atoms with Crippen LogP contribution in [-0.2, 0) is 6.61 Å². The van der Waals surface area contributed by atoms with Crippen molar-refractivity contribution >= 4 is 5.70 Å². The lowest BCUT2D eigenvalue weighted by Gasteiger charge is -2.16. The fourth-order valence-electron chi connectivity index (χ4n) is 2.58. The molecule has 0 radical (unpaired) electrons. The second-order valence-electron chi connectivity index (χ2n) is 5.59. The molecule has 0 atom stereocenters. The highest BCUT2D eigenvalue weighted by molar-refractivity contribution is 5.72. The number of allylic oxidation sites excluding steroid dienone is 1. The van der Waals surface area contributed by atoms with E-state index in [1.54, 1.807) is 6.20 Å². The molecule has 23 heavy (non-hydrogen) atoms. The van der Waals surface area contributed by atoms with Crippen LogP contribution in [0.5, 0.6) is 5.75 Å². The van der Waals surface area contributed by atoms with Gasteiger partial charge in [0.15, 0.2) is 0 Å². The number of hydrogen-bond acceptors (Lipinski definition) is 2. The van der Waals surface area contributed by atoms with Crippen LogP contribution >= 0.6 is 0 Å². The summed E-state index contributed by atoms with van der Waals surface area (Å²) >= 11 is 0. The third-order valence-corrected chi connectivity index (χ3v) is 3.62. The van der Waals surface area contributed by atoms with Gasteiger partial charge in [-0.05, 0) is 31.5 Å². The Bertz CT molecular complexity index is 786. The highest BCUT2D eigenvalue weighted by Gasteiger charge is 2.12. The number of imidazole rings is 1. The summed E-state index contributed by atoms with van der Waals surface area (Å²) < 4.78 is 8.11. The van der Waals surface area contributed by atoms with Crippen molar-refractivity contribution in [2.24, 2.45) is 0 Å². The van der Waals surface area contributed by atoms with Crippen molar-refractivity contribution in [3.05, 3.63) is 90.0 Å². The molecule has 0 spiro atoms. The van der Waals surface area contributed by atoms with Gasteiger partial charge in [-0.1, -0.05) is 48.0 Å². The molecule has 0 saturated heterocycles. The fraction of sp³-hybridized carbons (Fsp3) is 0.150. The molecule has 0 aliphatic rings. The lowest BCUT2D eigenvalue weighted by molar-refractivity contribution is 0.305. The first-order valence-electron chi connectivity index (χ1n) is 7.67. The lowest BCUT2D eigenvalue weighted by atomic mass is 10.1. The second kappa shape index (κ2) is 6.97. The molecular formula is C20H20N2O. The minimum Gasteiger partial charge on any atom is -0.488 e. The number of rotatable bonds is 5. The molecule has 3 nitrogen and oxygen atoms in total. The monoisotopic (exact) mass is 304 g/mol. The Morgan fingerprint density at radius 2 is 1.74 bits per heavy atom. The molecule has 2 aromatic carbocycles. The smallest absolute Gasteiger partial charge is 0.129 e. The maximum absolute atomic E-state index is 6.08. The quantitative estimate of drug-likeness (QED) is 0.679. The van der Waals surface area contributed by atoms with Crippen LogP contribution in [0.4, 0.5) is 0 Å². The van der Waals surface area contributed by atoms with Crippen LogP contribution < -0.4 is 4.74 Å². The zero-order chi connectivity index (χ0) is 16.1. The van der Waals surface area contributed by atoms with E-state index in [4.69, 9.17) is 4.74 Å².